The van der Waals surface area contributed by atoms with Crippen molar-refractivity contribution in [3.8, 4) is 0 Å². The van der Waals surface area contributed by atoms with Crippen LogP contribution in [0, 0.1) is 0 Å². The fraction of sp³-hybridized carbons (Fsp3) is 1.00. The van der Waals surface area contributed by atoms with E-state index < -0.39 is 7.60 Å². The Labute approximate surface area is 163 Å². The number of hydrogen-bond acceptors (Lipinski definition) is 3. The van der Waals surface area contributed by atoms with Crippen LogP contribution in [-0.2, 0) is 13.8 Å². The van der Waals surface area contributed by atoms with Crippen molar-refractivity contribution in [2.75, 3.05) is 19.8 Å². The van der Waals surface area contributed by atoms with Crippen LogP contribution in [0.3, 0.4) is 0 Å². The molecule has 0 radical (unpaired) electrons. The molecule has 26 heavy (non-hydrogen) atoms. The highest BCUT2D eigenvalue weighted by Crippen LogP contribution is 2.46. The Morgan fingerprint density at radius 1 is 0.692 bits per heavy atom. The van der Waals surface area contributed by atoms with E-state index in [0.29, 0.717) is 19.6 Å². The van der Waals surface area contributed by atoms with Crippen molar-refractivity contribution in [1.82, 2.24) is 0 Å². The minimum Gasteiger partial charge on any atom is -0.381 e. The van der Waals surface area contributed by atoms with E-state index in [-0.39, 0.29) is 5.66 Å². The summed E-state index contributed by atoms with van der Waals surface area (Å²) in [4.78, 5) is 9.52. The molecule has 0 saturated carbocycles. The second kappa shape index (κ2) is 18.5. The zero-order valence-electron chi connectivity index (χ0n) is 17.7. The third-order valence-electron chi connectivity index (χ3n) is 4.75. The first kappa shape index (κ1) is 26.1. The third kappa shape index (κ3) is 17.5. The van der Waals surface area contributed by atoms with E-state index >= 15 is 0 Å². The van der Waals surface area contributed by atoms with Gasteiger partial charge in [-0.15, -0.1) is 0 Å². The van der Waals surface area contributed by atoms with Crippen LogP contribution in [-0.4, -0.2) is 30.4 Å². The zero-order valence-corrected chi connectivity index (χ0v) is 18.6. The lowest BCUT2D eigenvalue weighted by Gasteiger charge is -2.15. The highest BCUT2D eigenvalue weighted by Gasteiger charge is 2.23. The van der Waals surface area contributed by atoms with E-state index in [9.17, 15) is 9.46 Å². The summed E-state index contributed by atoms with van der Waals surface area (Å²) in [5.74, 6) is 0. The summed E-state index contributed by atoms with van der Waals surface area (Å²) in [6, 6.07) is 0. The Balaban J connectivity index is 3.13. The molecular formula is C21H45O4P. The average molecular weight is 393 g/mol. The minimum atomic E-state index is -3.41. The Morgan fingerprint density at radius 2 is 1.12 bits per heavy atom. The van der Waals surface area contributed by atoms with E-state index in [4.69, 9.17) is 9.26 Å². The standard InChI is InChI=1S/C21H45O4P/c1-4-5-6-7-8-9-10-11-12-13-14-15-16-18-24-19-17-20-25-26(22,23)21(2)3/h21H,4-20H2,1-3H3,(H,22,23). The van der Waals surface area contributed by atoms with Gasteiger partial charge in [0.25, 0.3) is 0 Å². The normalized spacial score (nSPS) is 14.0. The lowest BCUT2D eigenvalue weighted by molar-refractivity contribution is 0.113. The van der Waals surface area contributed by atoms with Crippen molar-refractivity contribution >= 4 is 7.60 Å². The maximum atomic E-state index is 11.6. The van der Waals surface area contributed by atoms with Crippen molar-refractivity contribution in [3.63, 3.8) is 0 Å². The largest absolute Gasteiger partial charge is 0.381 e. The third-order valence-corrected chi connectivity index (χ3v) is 6.61. The predicted octanol–water partition coefficient (Wildman–Crippen LogP) is 7.09. The van der Waals surface area contributed by atoms with Crippen LogP contribution in [0.1, 0.15) is 111 Å². The topological polar surface area (TPSA) is 55.8 Å². The molecule has 0 bridgehead atoms. The van der Waals surface area contributed by atoms with Crippen LogP contribution in [0.25, 0.3) is 0 Å². The fourth-order valence-corrected chi connectivity index (χ4v) is 3.52. The van der Waals surface area contributed by atoms with Crippen LogP contribution < -0.4 is 0 Å². The summed E-state index contributed by atoms with van der Waals surface area (Å²) in [7, 11) is -3.41. The van der Waals surface area contributed by atoms with Gasteiger partial charge >= 0.3 is 7.60 Å². The SMILES string of the molecule is CCCCCCCCCCCCCCCOCCCOP(=O)(O)C(C)C. The monoisotopic (exact) mass is 392 g/mol. The van der Waals surface area contributed by atoms with E-state index in [1.807, 2.05) is 0 Å². The highest BCUT2D eigenvalue weighted by atomic mass is 31.2. The molecule has 158 valence electrons. The molecule has 1 N–H and O–H groups in total. The first-order valence-electron chi connectivity index (χ1n) is 11.1. The molecule has 0 aliphatic carbocycles. The van der Waals surface area contributed by atoms with Gasteiger partial charge in [-0.1, -0.05) is 97.8 Å². The van der Waals surface area contributed by atoms with E-state index in [1.165, 1.54) is 77.0 Å². The van der Waals surface area contributed by atoms with Crippen molar-refractivity contribution in [3.05, 3.63) is 0 Å². The van der Waals surface area contributed by atoms with Gasteiger partial charge in [0.05, 0.1) is 12.3 Å². The van der Waals surface area contributed by atoms with Crippen LogP contribution in [0.15, 0.2) is 0 Å². The van der Waals surface area contributed by atoms with Gasteiger partial charge in [0, 0.05) is 13.2 Å². The molecule has 0 saturated heterocycles. The molecule has 0 amide bonds. The van der Waals surface area contributed by atoms with Gasteiger partial charge in [-0.3, -0.25) is 4.57 Å². The maximum absolute atomic E-state index is 11.6. The van der Waals surface area contributed by atoms with Crippen molar-refractivity contribution in [2.45, 2.75) is 116 Å². The van der Waals surface area contributed by atoms with Gasteiger partial charge < -0.3 is 14.2 Å². The highest BCUT2D eigenvalue weighted by molar-refractivity contribution is 7.53. The Morgan fingerprint density at radius 3 is 1.58 bits per heavy atom. The minimum absolute atomic E-state index is 0.296. The van der Waals surface area contributed by atoms with E-state index in [1.54, 1.807) is 13.8 Å². The maximum Gasteiger partial charge on any atom is 0.330 e. The molecular weight excluding hydrogens is 347 g/mol. The molecule has 0 aromatic carbocycles. The Hall–Kier alpha value is 0.110. The van der Waals surface area contributed by atoms with E-state index in [2.05, 4.69) is 6.92 Å². The number of hydrogen-bond donors (Lipinski definition) is 1. The predicted molar refractivity (Wildman–Crippen MR) is 112 cm³/mol. The van der Waals surface area contributed by atoms with Crippen molar-refractivity contribution in [1.29, 1.82) is 0 Å². The van der Waals surface area contributed by atoms with Crippen LogP contribution in [0.4, 0.5) is 0 Å². The lowest BCUT2D eigenvalue weighted by atomic mass is 10.0. The molecule has 0 heterocycles. The quantitative estimate of drug-likeness (QED) is 0.177. The molecule has 4 nitrogen and oxygen atoms in total. The Kier molecular flexibility index (Phi) is 18.6. The molecule has 0 aliphatic heterocycles. The van der Waals surface area contributed by atoms with Gasteiger partial charge in [0.2, 0.25) is 0 Å². The first-order chi connectivity index (χ1) is 12.5. The second-order valence-electron chi connectivity index (χ2n) is 7.70. The second-order valence-corrected chi connectivity index (χ2v) is 10.1. The van der Waals surface area contributed by atoms with Crippen LogP contribution in [0.5, 0.6) is 0 Å². The Bertz CT molecular complexity index is 334. The molecule has 0 fully saturated rings. The summed E-state index contributed by atoms with van der Waals surface area (Å²) >= 11 is 0. The van der Waals surface area contributed by atoms with Crippen LogP contribution in [0.2, 0.25) is 0 Å². The van der Waals surface area contributed by atoms with Gasteiger partial charge in [0.15, 0.2) is 0 Å². The molecule has 0 spiro atoms. The first-order valence-corrected chi connectivity index (χ1v) is 12.7. The summed E-state index contributed by atoms with van der Waals surface area (Å²) in [5.41, 5.74) is -0.339. The summed E-state index contributed by atoms with van der Waals surface area (Å²) < 4.78 is 22.2. The number of rotatable bonds is 20. The molecule has 5 heteroatoms. The molecule has 0 rings (SSSR count). The number of unbranched alkanes of at least 4 members (excludes halogenated alkanes) is 12. The van der Waals surface area contributed by atoms with Gasteiger partial charge in [0.1, 0.15) is 0 Å². The zero-order chi connectivity index (χ0) is 19.5. The van der Waals surface area contributed by atoms with Crippen LogP contribution >= 0.6 is 7.60 Å². The van der Waals surface area contributed by atoms with E-state index in [0.717, 1.165) is 13.0 Å². The molecule has 0 aromatic heterocycles. The summed E-state index contributed by atoms with van der Waals surface area (Å²) in [6.45, 7) is 7.37. The van der Waals surface area contributed by atoms with Gasteiger partial charge in [-0.25, -0.2) is 0 Å². The van der Waals surface area contributed by atoms with Crippen molar-refractivity contribution < 1.29 is 18.7 Å². The lowest BCUT2D eigenvalue weighted by Crippen LogP contribution is -2.05. The summed E-state index contributed by atoms with van der Waals surface area (Å²) in [5, 5.41) is 0. The molecule has 0 aliphatic rings. The van der Waals surface area contributed by atoms with Gasteiger partial charge in [-0.2, -0.15) is 0 Å². The van der Waals surface area contributed by atoms with Crippen molar-refractivity contribution in [2.24, 2.45) is 0 Å². The smallest absolute Gasteiger partial charge is 0.330 e. The summed E-state index contributed by atoms with van der Waals surface area (Å²) in [6.07, 6.45) is 18.3. The molecule has 1 atom stereocenters. The molecule has 1 unspecified atom stereocenters. The van der Waals surface area contributed by atoms with Gasteiger partial charge in [-0.05, 0) is 12.8 Å². The fourth-order valence-electron chi connectivity index (χ4n) is 2.83. The number of ether oxygens (including phenoxy) is 1. The molecule has 0 aromatic rings. The average Bonchev–Trinajstić information content (AvgIpc) is 2.60.